The number of aliphatic hydroxyl groups is 2. The molecule has 6 atom stereocenters. The lowest BCUT2D eigenvalue weighted by atomic mass is 9.55. The number of hydrogen-bond donors (Lipinski definition) is 2. The van der Waals surface area contributed by atoms with E-state index in [-0.39, 0.29) is 68.4 Å². The number of halogens is 1. The zero-order chi connectivity index (χ0) is 41.5. The summed E-state index contributed by atoms with van der Waals surface area (Å²) in [6, 6.07) is 21.7. The number of fused-ring (bicyclic) bond motifs is 2. The zero-order valence-corrected chi connectivity index (χ0v) is 34.6. The number of amides is 1. The molecule has 0 radical (unpaired) electrons. The molecule has 60 heavy (non-hydrogen) atoms. The Bertz CT molecular complexity index is 1980. The second-order valence-electron chi connectivity index (χ2n) is 17.1. The predicted octanol–water partition coefficient (Wildman–Crippen LogP) is 7.79. The lowest BCUT2D eigenvalue weighted by Crippen LogP contribution is -2.70. The summed E-state index contributed by atoms with van der Waals surface area (Å²) in [5.74, 6) is -0.725. The van der Waals surface area contributed by atoms with Crippen molar-refractivity contribution in [3.63, 3.8) is 0 Å². The Balaban J connectivity index is 1.30. The summed E-state index contributed by atoms with van der Waals surface area (Å²) in [7, 11) is 0. The van der Waals surface area contributed by atoms with Crippen molar-refractivity contribution < 1.29 is 38.4 Å². The van der Waals surface area contributed by atoms with Crippen LogP contribution in [-0.4, -0.2) is 89.5 Å². The summed E-state index contributed by atoms with van der Waals surface area (Å²) in [6.07, 6.45) is 10.7. The van der Waals surface area contributed by atoms with Crippen LogP contribution in [0.15, 0.2) is 102 Å². The van der Waals surface area contributed by atoms with Crippen molar-refractivity contribution in [2.24, 2.45) is 28.8 Å². The van der Waals surface area contributed by atoms with Gasteiger partial charge in [0.25, 0.3) is 0 Å². The van der Waals surface area contributed by atoms with E-state index in [1.54, 1.807) is 18.2 Å². The molecule has 2 saturated carbocycles. The number of nitrogens with zero attached hydrogens (tertiary/aromatic N) is 3. The Morgan fingerprint density at radius 3 is 2.47 bits per heavy atom. The van der Waals surface area contributed by atoms with E-state index in [0.29, 0.717) is 31.6 Å². The molecule has 1 amide bonds. The Morgan fingerprint density at radius 1 is 0.983 bits per heavy atom. The smallest absolute Gasteiger partial charge is 0.239 e. The molecule has 11 heteroatoms. The molecule has 3 aliphatic carbocycles. The Kier molecular flexibility index (Phi) is 13.7. The Morgan fingerprint density at radius 2 is 1.75 bits per heavy atom. The SMILES string of the molecule is C=CCOC12Oc3ccc(OCCN4CC4)cc3C3C(CCCCO)C(CCCCO)C=C(C(=NOCc4ccccc4)CC1N(Cc1ccc(F)cc1)C(=O)C1CC1)C32. The second-order valence-corrected chi connectivity index (χ2v) is 17.1. The highest BCUT2D eigenvalue weighted by atomic mass is 19.1. The first-order valence-electron chi connectivity index (χ1n) is 22.1. The molecule has 2 N–H and O–H groups in total. The number of benzene rings is 3. The summed E-state index contributed by atoms with van der Waals surface area (Å²) in [6.45, 7) is 8.61. The van der Waals surface area contributed by atoms with E-state index in [1.165, 1.54) is 12.1 Å². The van der Waals surface area contributed by atoms with Gasteiger partial charge in [0.2, 0.25) is 11.7 Å². The van der Waals surface area contributed by atoms with Crippen LogP contribution < -0.4 is 9.47 Å². The van der Waals surface area contributed by atoms with Gasteiger partial charge < -0.3 is 34.2 Å². The summed E-state index contributed by atoms with van der Waals surface area (Å²) < 4.78 is 35.2. The third-order valence-corrected chi connectivity index (χ3v) is 13.0. The molecule has 6 unspecified atom stereocenters. The first-order chi connectivity index (χ1) is 29.4. The average molecular weight is 822 g/mol. The lowest BCUT2D eigenvalue weighted by molar-refractivity contribution is -0.258. The van der Waals surface area contributed by atoms with Crippen LogP contribution in [-0.2, 0) is 27.5 Å². The number of oxime groups is 1. The van der Waals surface area contributed by atoms with Gasteiger partial charge in [0.1, 0.15) is 36.6 Å². The van der Waals surface area contributed by atoms with Gasteiger partial charge in [-0.05, 0) is 97.4 Å². The van der Waals surface area contributed by atoms with Gasteiger partial charge in [0.05, 0.1) is 18.2 Å². The first kappa shape index (κ1) is 42.2. The molecule has 2 aliphatic heterocycles. The lowest BCUT2D eigenvalue weighted by Gasteiger charge is -2.60. The minimum Gasteiger partial charge on any atom is -0.492 e. The summed E-state index contributed by atoms with van der Waals surface area (Å²) in [4.78, 5) is 25.3. The number of carbonyl (C=O) groups excluding carboxylic acids is 1. The van der Waals surface area contributed by atoms with Crippen molar-refractivity contribution in [3.8, 4) is 11.5 Å². The number of hydrogen-bond acceptors (Lipinski definition) is 9. The minimum absolute atomic E-state index is 0.0150. The fraction of sp³-hybridized carbons (Fsp3) is 0.510. The van der Waals surface area contributed by atoms with Crippen molar-refractivity contribution >= 4 is 11.6 Å². The van der Waals surface area contributed by atoms with Crippen LogP contribution in [0.1, 0.15) is 80.4 Å². The van der Waals surface area contributed by atoms with Crippen molar-refractivity contribution in [3.05, 3.63) is 120 Å². The standard InChI is InChI=1S/C49H60FN3O7/c1-2-27-58-49-45(53(48(56)36-16-17-36)32-34-14-18-38(50)19-15-34)31-43(51-59-33-35-10-4-3-5-11-35)41-29-37(12-6-8-25-54)40(13-7-9-26-55)46(47(41)49)42-30-39(20-21-44(42)60-49)57-28-24-52-22-23-52/h2-5,10-11,14-15,18-21,29-30,36-37,40,45-47,54-55H,1,6-9,12-13,16-17,22-28,31-33H2. The molecule has 8 rings (SSSR count). The largest absolute Gasteiger partial charge is 0.492 e. The maximum Gasteiger partial charge on any atom is 0.239 e. The zero-order valence-electron chi connectivity index (χ0n) is 34.6. The van der Waals surface area contributed by atoms with E-state index < -0.39 is 17.7 Å². The second kappa shape index (κ2) is 19.4. The van der Waals surface area contributed by atoms with Gasteiger partial charge in [0.15, 0.2) is 0 Å². The van der Waals surface area contributed by atoms with E-state index in [4.69, 9.17) is 24.2 Å². The molecule has 320 valence electrons. The van der Waals surface area contributed by atoms with Crippen LogP contribution in [0.5, 0.6) is 11.5 Å². The van der Waals surface area contributed by atoms with Crippen LogP contribution in [0.3, 0.4) is 0 Å². The van der Waals surface area contributed by atoms with Gasteiger partial charge in [-0.25, -0.2) is 4.39 Å². The molecule has 3 aromatic carbocycles. The van der Waals surface area contributed by atoms with E-state index in [1.807, 2.05) is 47.4 Å². The summed E-state index contributed by atoms with van der Waals surface area (Å²) in [5.41, 5.74) is 4.55. The molecule has 0 aromatic heterocycles. The topological polar surface area (TPSA) is 113 Å². The number of unbranched alkanes of at least 4 members (excludes halogenated alkanes) is 2. The molecule has 3 aromatic rings. The third-order valence-electron chi connectivity index (χ3n) is 13.0. The summed E-state index contributed by atoms with van der Waals surface area (Å²) >= 11 is 0. The van der Waals surface area contributed by atoms with Crippen LogP contribution in [0, 0.1) is 29.5 Å². The molecule has 0 bridgehead atoms. The monoisotopic (exact) mass is 821 g/mol. The Hall–Kier alpha value is -4.55. The molecular weight excluding hydrogens is 762 g/mol. The van der Waals surface area contributed by atoms with Crippen molar-refractivity contribution in [1.29, 1.82) is 0 Å². The maximum absolute atomic E-state index is 14.8. The number of ether oxygens (including phenoxy) is 3. The van der Waals surface area contributed by atoms with Crippen LogP contribution >= 0.6 is 0 Å². The van der Waals surface area contributed by atoms with Gasteiger partial charge in [-0.2, -0.15) is 0 Å². The van der Waals surface area contributed by atoms with Crippen molar-refractivity contribution in [2.45, 2.75) is 88.7 Å². The van der Waals surface area contributed by atoms with E-state index in [0.717, 1.165) is 91.9 Å². The van der Waals surface area contributed by atoms with Gasteiger partial charge in [-0.1, -0.05) is 72.6 Å². The van der Waals surface area contributed by atoms with Crippen molar-refractivity contribution in [1.82, 2.24) is 9.80 Å². The number of carbonyl (C=O) groups is 1. The first-order valence-corrected chi connectivity index (χ1v) is 22.1. The van der Waals surface area contributed by atoms with Crippen LogP contribution in [0.2, 0.25) is 0 Å². The predicted molar refractivity (Wildman–Crippen MR) is 228 cm³/mol. The fourth-order valence-electron chi connectivity index (χ4n) is 9.78. The van der Waals surface area contributed by atoms with Gasteiger partial charge in [-0.15, -0.1) is 6.58 Å². The molecular formula is C49H60FN3O7. The van der Waals surface area contributed by atoms with E-state index in [9.17, 15) is 19.4 Å². The van der Waals surface area contributed by atoms with Crippen LogP contribution in [0.4, 0.5) is 4.39 Å². The summed E-state index contributed by atoms with van der Waals surface area (Å²) in [5, 5.41) is 24.8. The molecule has 0 spiro atoms. The molecule has 3 fully saturated rings. The molecule has 2 heterocycles. The number of allylic oxidation sites excluding steroid dienone is 1. The van der Waals surface area contributed by atoms with E-state index >= 15 is 0 Å². The number of rotatable bonds is 22. The van der Waals surface area contributed by atoms with Gasteiger partial charge >= 0.3 is 0 Å². The average Bonchev–Trinajstić information content (AvgIpc) is 4.21. The van der Waals surface area contributed by atoms with Gasteiger partial charge in [0, 0.05) is 63.2 Å². The van der Waals surface area contributed by atoms with Crippen molar-refractivity contribution in [2.75, 3.05) is 46.1 Å². The molecule has 10 nitrogen and oxygen atoms in total. The molecule has 5 aliphatic rings. The highest BCUT2D eigenvalue weighted by molar-refractivity contribution is 6.03. The Labute approximate surface area is 353 Å². The van der Waals surface area contributed by atoms with Gasteiger partial charge in [-0.3, -0.25) is 9.69 Å². The highest BCUT2D eigenvalue weighted by Crippen LogP contribution is 2.62. The fourth-order valence-corrected chi connectivity index (χ4v) is 9.78. The number of aliphatic hydroxyl groups excluding tert-OH is 2. The highest BCUT2D eigenvalue weighted by Gasteiger charge is 2.66. The normalized spacial score (nSPS) is 26.0. The minimum atomic E-state index is -1.37. The molecule has 1 saturated heterocycles. The third kappa shape index (κ3) is 9.49. The maximum atomic E-state index is 14.8. The van der Waals surface area contributed by atoms with E-state index in [2.05, 4.69) is 23.6 Å². The quantitative estimate of drug-likeness (QED) is 0.0458. The van der Waals surface area contributed by atoms with Crippen LogP contribution in [0.25, 0.3) is 0 Å².